The van der Waals surface area contributed by atoms with Crippen molar-refractivity contribution in [3.8, 4) is 17.1 Å². The zero-order valence-corrected chi connectivity index (χ0v) is 23.5. The number of nitrogens with zero attached hydrogens (tertiary/aromatic N) is 5. The number of ether oxygens (including phenoxy) is 1. The molecule has 0 aliphatic carbocycles. The number of aryl methyl sites for hydroxylation is 1. The lowest BCUT2D eigenvalue weighted by Gasteiger charge is -2.27. The second-order valence-electron chi connectivity index (χ2n) is 9.19. The van der Waals surface area contributed by atoms with Crippen LogP contribution in [-0.4, -0.2) is 46.1 Å². The van der Waals surface area contributed by atoms with Crippen LogP contribution in [0.25, 0.3) is 33.7 Å². The van der Waals surface area contributed by atoms with E-state index < -0.39 is 0 Å². The van der Waals surface area contributed by atoms with Crippen LogP contribution in [0, 0.1) is 6.92 Å². The summed E-state index contributed by atoms with van der Waals surface area (Å²) >= 11 is 0. The van der Waals surface area contributed by atoms with E-state index in [1.165, 1.54) is 11.1 Å². The first-order valence-electron chi connectivity index (χ1n) is 13.7. The van der Waals surface area contributed by atoms with Crippen LogP contribution >= 0.6 is 0 Å². The summed E-state index contributed by atoms with van der Waals surface area (Å²) in [4.78, 5) is 12.0. The van der Waals surface area contributed by atoms with E-state index in [0.29, 0.717) is 24.7 Å². The molecule has 4 aromatic rings. The fourth-order valence-electron chi connectivity index (χ4n) is 4.56. The van der Waals surface area contributed by atoms with Crippen LogP contribution in [0.2, 0.25) is 0 Å². The maximum absolute atomic E-state index is 6.43. The molecular weight excluding hydrogens is 474 g/mol. The quantitative estimate of drug-likeness (QED) is 0.240. The minimum atomic E-state index is 0.527. The molecule has 0 atom stereocenters. The molecule has 38 heavy (non-hydrogen) atoms. The minimum Gasteiger partial charge on any atom is -0.451 e. The summed E-state index contributed by atoms with van der Waals surface area (Å²) < 4.78 is 13.8. The molecule has 0 amide bonds. The minimum absolute atomic E-state index is 0.527. The number of rotatable bonds is 7. The molecule has 7 nitrogen and oxygen atoms in total. The van der Waals surface area contributed by atoms with Gasteiger partial charge in [-0.1, -0.05) is 75.2 Å². The van der Waals surface area contributed by atoms with Crippen molar-refractivity contribution in [2.75, 3.05) is 31.2 Å². The van der Waals surface area contributed by atoms with Gasteiger partial charge in [-0.2, -0.15) is 10.1 Å². The van der Waals surface area contributed by atoms with Crippen LogP contribution in [0.15, 0.2) is 64.9 Å². The van der Waals surface area contributed by atoms with Gasteiger partial charge in [-0.3, -0.25) is 0 Å². The van der Waals surface area contributed by atoms with Crippen molar-refractivity contribution in [2.24, 2.45) is 0 Å². The molecule has 5 rings (SSSR count). The van der Waals surface area contributed by atoms with Crippen molar-refractivity contribution >= 4 is 22.5 Å². The van der Waals surface area contributed by atoms with Gasteiger partial charge in [0.15, 0.2) is 11.4 Å². The zero-order valence-electron chi connectivity index (χ0n) is 23.5. The average Bonchev–Trinajstić information content (AvgIpc) is 3.61. The molecule has 7 heteroatoms. The van der Waals surface area contributed by atoms with Gasteiger partial charge in [0, 0.05) is 30.9 Å². The van der Waals surface area contributed by atoms with Crippen LogP contribution in [0.1, 0.15) is 58.8 Å². The largest absolute Gasteiger partial charge is 0.451 e. The molecule has 4 heterocycles. The van der Waals surface area contributed by atoms with Crippen LogP contribution in [0.5, 0.6) is 0 Å². The summed E-state index contributed by atoms with van der Waals surface area (Å²) in [5.41, 5.74) is 7.22. The molecule has 0 N–H and O–H groups in total. The van der Waals surface area contributed by atoms with Gasteiger partial charge in [0.05, 0.1) is 19.4 Å². The third-order valence-corrected chi connectivity index (χ3v) is 6.42. The highest BCUT2D eigenvalue weighted by Crippen LogP contribution is 2.33. The molecule has 1 saturated heterocycles. The van der Waals surface area contributed by atoms with Crippen LogP contribution < -0.4 is 4.90 Å². The summed E-state index contributed by atoms with van der Waals surface area (Å²) in [7, 11) is 0. The summed E-state index contributed by atoms with van der Waals surface area (Å²) in [6.45, 7) is 15.3. The first-order chi connectivity index (χ1) is 18.6. The van der Waals surface area contributed by atoms with Crippen LogP contribution in [0.4, 0.5) is 5.82 Å². The molecule has 1 aliphatic rings. The Balaban J connectivity index is 0.00000164. The topological polar surface area (TPSA) is 69.2 Å². The second-order valence-corrected chi connectivity index (χ2v) is 9.19. The SMILES string of the molecule is CC.CC/C=C(C)/C=C(\CC)c1cc2nc(-n3cc(-c4cccc(C)c4)cn3)nc(N3CCOCC3)c2o1. The van der Waals surface area contributed by atoms with E-state index in [0.717, 1.165) is 59.7 Å². The Morgan fingerprint density at radius 3 is 2.55 bits per heavy atom. The van der Waals surface area contributed by atoms with E-state index in [4.69, 9.17) is 19.1 Å². The summed E-state index contributed by atoms with van der Waals surface area (Å²) in [6, 6.07) is 10.4. The van der Waals surface area contributed by atoms with Gasteiger partial charge in [0.2, 0.25) is 0 Å². The highest BCUT2D eigenvalue weighted by atomic mass is 16.5. The Labute approximate surface area is 225 Å². The first-order valence-corrected chi connectivity index (χ1v) is 13.7. The Bertz CT molecular complexity index is 1420. The maximum Gasteiger partial charge on any atom is 0.253 e. The molecule has 0 bridgehead atoms. The number of fused-ring (bicyclic) bond motifs is 1. The Hall–Kier alpha value is -3.71. The van der Waals surface area contributed by atoms with Crippen molar-refractivity contribution in [1.82, 2.24) is 19.7 Å². The Morgan fingerprint density at radius 1 is 1.05 bits per heavy atom. The Morgan fingerprint density at radius 2 is 1.84 bits per heavy atom. The third-order valence-electron chi connectivity index (χ3n) is 6.42. The highest BCUT2D eigenvalue weighted by molar-refractivity contribution is 5.88. The first kappa shape index (κ1) is 27.3. The van der Waals surface area contributed by atoms with Gasteiger partial charge in [0.25, 0.3) is 5.95 Å². The van der Waals surface area contributed by atoms with E-state index >= 15 is 0 Å². The van der Waals surface area contributed by atoms with Gasteiger partial charge >= 0.3 is 0 Å². The smallest absolute Gasteiger partial charge is 0.253 e. The van der Waals surface area contributed by atoms with E-state index in [2.05, 4.69) is 74.1 Å². The maximum atomic E-state index is 6.43. The number of furan rings is 1. The molecule has 0 radical (unpaired) electrons. The molecule has 0 spiro atoms. The highest BCUT2D eigenvalue weighted by Gasteiger charge is 2.22. The van der Waals surface area contributed by atoms with Crippen LogP contribution in [0.3, 0.4) is 0 Å². The fraction of sp³-hybridized carbons (Fsp3) is 0.387. The van der Waals surface area contributed by atoms with Gasteiger partial charge in [0.1, 0.15) is 11.3 Å². The lowest BCUT2D eigenvalue weighted by Crippen LogP contribution is -2.37. The van der Waals surface area contributed by atoms with E-state index in [1.54, 1.807) is 4.68 Å². The van der Waals surface area contributed by atoms with Gasteiger partial charge < -0.3 is 14.1 Å². The molecule has 1 aliphatic heterocycles. The van der Waals surface area contributed by atoms with Gasteiger partial charge in [-0.25, -0.2) is 9.67 Å². The Kier molecular flexibility index (Phi) is 9.13. The van der Waals surface area contributed by atoms with Crippen LogP contribution in [-0.2, 0) is 4.74 Å². The van der Waals surface area contributed by atoms with Crippen molar-refractivity contribution in [3.63, 3.8) is 0 Å². The van der Waals surface area contributed by atoms with Crippen molar-refractivity contribution in [3.05, 3.63) is 71.8 Å². The molecule has 3 aromatic heterocycles. The van der Waals surface area contributed by atoms with Crippen molar-refractivity contribution in [1.29, 1.82) is 0 Å². The normalized spacial score (nSPS) is 14.5. The summed E-state index contributed by atoms with van der Waals surface area (Å²) in [6.07, 6.45) is 10.1. The second kappa shape index (κ2) is 12.7. The van der Waals surface area contributed by atoms with E-state index in [9.17, 15) is 0 Å². The van der Waals surface area contributed by atoms with E-state index in [1.807, 2.05) is 32.3 Å². The number of morpholine rings is 1. The van der Waals surface area contributed by atoms with Gasteiger partial charge in [-0.15, -0.1) is 0 Å². The van der Waals surface area contributed by atoms with E-state index in [-0.39, 0.29) is 0 Å². The standard InChI is InChI=1S/C29H33N5O2.C2H6/c1-5-8-20(3)15-22(6-2)26-17-25-27(36-26)28(33-11-13-35-14-12-33)32-29(31-25)34-19-24(18-30-34)23-10-7-9-21(4)16-23;1-2/h7-10,15-19H,5-6,11-14H2,1-4H3;1-2H3/b20-8+,22-15+;. The molecular formula is C31H39N5O2. The number of benzene rings is 1. The fourth-order valence-corrected chi connectivity index (χ4v) is 4.56. The number of allylic oxidation sites excluding steroid dienone is 4. The van der Waals surface area contributed by atoms with Gasteiger partial charge in [-0.05, 0) is 37.8 Å². The van der Waals surface area contributed by atoms with Crippen molar-refractivity contribution < 1.29 is 9.15 Å². The molecule has 1 fully saturated rings. The zero-order chi connectivity index (χ0) is 27.1. The lowest BCUT2D eigenvalue weighted by atomic mass is 10.1. The summed E-state index contributed by atoms with van der Waals surface area (Å²) in [5, 5.41) is 4.60. The monoisotopic (exact) mass is 513 g/mol. The number of hydrogen-bond acceptors (Lipinski definition) is 6. The number of aromatic nitrogens is 4. The third kappa shape index (κ3) is 6.05. The lowest BCUT2D eigenvalue weighted by molar-refractivity contribution is 0.122. The molecule has 1 aromatic carbocycles. The number of anilines is 1. The van der Waals surface area contributed by atoms with Crippen molar-refractivity contribution in [2.45, 2.75) is 54.4 Å². The predicted octanol–water partition coefficient (Wildman–Crippen LogP) is 7.40. The summed E-state index contributed by atoms with van der Waals surface area (Å²) in [5.74, 6) is 2.14. The predicted molar refractivity (Wildman–Crippen MR) is 156 cm³/mol. The number of hydrogen-bond donors (Lipinski definition) is 0. The molecule has 0 saturated carbocycles. The average molecular weight is 514 g/mol. The molecule has 200 valence electrons. The molecule has 0 unspecified atom stereocenters.